The predicted octanol–water partition coefficient (Wildman–Crippen LogP) is 0.735. The fraction of sp³-hybridized carbons (Fsp3) is 0.333. The Labute approximate surface area is 68.8 Å². The van der Waals surface area contributed by atoms with Crippen molar-refractivity contribution in [1.29, 1.82) is 0 Å². The van der Waals surface area contributed by atoms with Gasteiger partial charge in [-0.25, -0.2) is 9.97 Å². The number of nitro groups is 1. The normalized spacial score (nSPS) is 9.50. The van der Waals surface area contributed by atoms with E-state index in [1.807, 2.05) is 0 Å². The van der Waals surface area contributed by atoms with E-state index in [1.54, 1.807) is 14.0 Å². The van der Waals surface area contributed by atoms with Crippen LogP contribution in [0.4, 0.5) is 11.6 Å². The predicted molar refractivity (Wildman–Crippen MR) is 43.0 cm³/mol. The van der Waals surface area contributed by atoms with Crippen LogP contribution >= 0.6 is 0 Å². The molecule has 0 aliphatic carbocycles. The smallest absolute Gasteiger partial charge is 0.308 e. The summed E-state index contributed by atoms with van der Waals surface area (Å²) < 4.78 is 0. The fourth-order valence-electron chi connectivity index (χ4n) is 0.760. The molecule has 1 aromatic heterocycles. The lowest BCUT2D eigenvalue weighted by Gasteiger charge is -1.98. The first kappa shape index (κ1) is 8.38. The van der Waals surface area contributed by atoms with Gasteiger partial charge >= 0.3 is 5.69 Å². The second-order valence-corrected chi connectivity index (χ2v) is 2.17. The van der Waals surface area contributed by atoms with Gasteiger partial charge < -0.3 is 5.32 Å². The maximum Gasteiger partial charge on any atom is 0.308 e. The molecular weight excluding hydrogens is 160 g/mol. The molecule has 0 atom stereocenters. The average molecular weight is 168 g/mol. The molecule has 0 saturated heterocycles. The summed E-state index contributed by atoms with van der Waals surface area (Å²) in [5.74, 6) is 0.387. The van der Waals surface area contributed by atoms with Crippen molar-refractivity contribution in [3.8, 4) is 0 Å². The van der Waals surface area contributed by atoms with Gasteiger partial charge in [0.1, 0.15) is 11.9 Å². The zero-order chi connectivity index (χ0) is 9.14. The number of nitrogens with one attached hydrogen (secondary N) is 1. The highest BCUT2D eigenvalue weighted by Gasteiger charge is 2.11. The Morgan fingerprint density at radius 2 is 2.33 bits per heavy atom. The van der Waals surface area contributed by atoms with Crippen LogP contribution in [0.1, 0.15) is 5.69 Å². The molecule has 0 amide bonds. The topological polar surface area (TPSA) is 81.0 Å². The van der Waals surface area contributed by atoms with E-state index in [0.717, 1.165) is 0 Å². The average Bonchev–Trinajstić information content (AvgIpc) is 2.03. The van der Waals surface area contributed by atoms with Crippen LogP contribution in [-0.2, 0) is 0 Å². The second-order valence-electron chi connectivity index (χ2n) is 2.17. The van der Waals surface area contributed by atoms with E-state index >= 15 is 0 Å². The highest BCUT2D eigenvalue weighted by molar-refractivity contribution is 5.36. The van der Waals surface area contributed by atoms with Crippen LogP contribution in [0.25, 0.3) is 0 Å². The van der Waals surface area contributed by atoms with E-state index in [4.69, 9.17) is 0 Å². The molecule has 0 fully saturated rings. The van der Waals surface area contributed by atoms with E-state index < -0.39 is 4.92 Å². The van der Waals surface area contributed by atoms with E-state index in [9.17, 15) is 10.1 Å². The van der Waals surface area contributed by atoms with Crippen molar-refractivity contribution in [2.75, 3.05) is 12.4 Å². The highest BCUT2D eigenvalue weighted by Crippen LogP contribution is 2.14. The molecule has 1 rings (SSSR count). The molecule has 0 aliphatic rings. The van der Waals surface area contributed by atoms with Crippen molar-refractivity contribution in [2.24, 2.45) is 0 Å². The second kappa shape index (κ2) is 3.12. The van der Waals surface area contributed by atoms with Crippen molar-refractivity contribution in [3.05, 3.63) is 22.0 Å². The van der Waals surface area contributed by atoms with Gasteiger partial charge in [0.05, 0.1) is 4.92 Å². The quantitative estimate of drug-likeness (QED) is 0.520. The summed E-state index contributed by atoms with van der Waals surface area (Å²) in [7, 11) is 1.65. The lowest BCUT2D eigenvalue weighted by atomic mass is 10.4. The third kappa shape index (κ3) is 1.47. The van der Waals surface area contributed by atoms with Crippen molar-refractivity contribution in [1.82, 2.24) is 9.97 Å². The summed E-state index contributed by atoms with van der Waals surface area (Å²) in [4.78, 5) is 17.4. The van der Waals surface area contributed by atoms with Crippen LogP contribution in [0.3, 0.4) is 0 Å². The number of rotatable bonds is 2. The van der Waals surface area contributed by atoms with Crippen LogP contribution in [0.15, 0.2) is 6.20 Å². The third-order valence-corrected chi connectivity index (χ3v) is 1.37. The highest BCUT2D eigenvalue weighted by atomic mass is 16.6. The number of nitrogens with zero attached hydrogens (tertiary/aromatic N) is 3. The molecule has 6 nitrogen and oxygen atoms in total. The first-order valence-corrected chi connectivity index (χ1v) is 3.31. The summed E-state index contributed by atoms with van der Waals surface area (Å²) in [6.45, 7) is 1.57. The van der Waals surface area contributed by atoms with Crippen molar-refractivity contribution >= 4 is 11.6 Å². The monoisotopic (exact) mass is 168 g/mol. The number of aryl methyl sites for hydroxylation is 1. The van der Waals surface area contributed by atoms with Crippen molar-refractivity contribution < 1.29 is 4.92 Å². The number of hydrogen-bond donors (Lipinski definition) is 1. The molecule has 0 spiro atoms. The van der Waals surface area contributed by atoms with Crippen LogP contribution in [0.5, 0.6) is 0 Å². The third-order valence-electron chi connectivity index (χ3n) is 1.37. The van der Waals surface area contributed by atoms with Gasteiger partial charge in [0.15, 0.2) is 0 Å². The van der Waals surface area contributed by atoms with Gasteiger partial charge in [0.2, 0.25) is 5.95 Å². The van der Waals surface area contributed by atoms with Crippen LogP contribution in [-0.4, -0.2) is 21.9 Å². The van der Waals surface area contributed by atoms with E-state index in [1.165, 1.54) is 6.20 Å². The number of anilines is 1. The maximum atomic E-state index is 10.3. The zero-order valence-corrected chi connectivity index (χ0v) is 6.74. The van der Waals surface area contributed by atoms with Gasteiger partial charge in [-0.2, -0.15) is 0 Å². The molecule has 12 heavy (non-hydrogen) atoms. The summed E-state index contributed by atoms with van der Waals surface area (Å²) in [6.07, 6.45) is 1.19. The van der Waals surface area contributed by atoms with Gasteiger partial charge in [0, 0.05) is 7.05 Å². The minimum absolute atomic E-state index is 0.0611. The van der Waals surface area contributed by atoms with Gasteiger partial charge in [0.25, 0.3) is 0 Å². The molecule has 0 radical (unpaired) electrons. The van der Waals surface area contributed by atoms with E-state index in [0.29, 0.717) is 11.6 Å². The van der Waals surface area contributed by atoms with Gasteiger partial charge in [-0.05, 0) is 6.92 Å². The Morgan fingerprint density at radius 3 is 2.75 bits per heavy atom. The summed E-state index contributed by atoms with van der Waals surface area (Å²) in [6, 6.07) is 0. The Morgan fingerprint density at radius 1 is 1.67 bits per heavy atom. The molecule has 0 bridgehead atoms. The molecular formula is C6H8N4O2. The molecule has 0 aromatic carbocycles. The molecule has 0 saturated carbocycles. The molecule has 6 heteroatoms. The SMILES string of the molecule is CNc1ncc([N+](=O)[O-])c(C)n1. The van der Waals surface area contributed by atoms with E-state index in [-0.39, 0.29) is 5.69 Å². The Hall–Kier alpha value is -1.72. The maximum absolute atomic E-state index is 10.3. The van der Waals surface area contributed by atoms with Gasteiger partial charge in [-0.15, -0.1) is 0 Å². The molecule has 1 heterocycles. The zero-order valence-electron chi connectivity index (χ0n) is 6.74. The van der Waals surface area contributed by atoms with Crippen LogP contribution in [0, 0.1) is 17.0 Å². The first-order valence-electron chi connectivity index (χ1n) is 3.31. The number of aromatic nitrogens is 2. The largest absolute Gasteiger partial charge is 0.357 e. The van der Waals surface area contributed by atoms with Gasteiger partial charge in [-0.3, -0.25) is 10.1 Å². The van der Waals surface area contributed by atoms with Crippen LogP contribution < -0.4 is 5.32 Å². The Bertz CT molecular complexity index is 312. The Balaban J connectivity index is 3.12. The summed E-state index contributed by atoms with van der Waals surface area (Å²) in [5, 5.41) is 13.0. The molecule has 1 N–H and O–H groups in total. The van der Waals surface area contributed by atoms with E-state index in [2.05, 4.69) is 15.3 Å². The molecule has 1 aromatic rings. The molecule has 64 valence electrons. The summed E-state index contributed by atoms with van der Waals surface area (Å²) >= 11 is 0. The first-order chi connectivity index (χ1) is 5.65. The summed E-state index contributed by atoms with van der Waals surface area (Å²) in [5.41, 5.74) is 0.299. The Kier molecular flexibility index (Phi) is 2.18. The lowest BCUT2D eigenvalue weighted by Crippen LogP contribution is -2.00. The van der Waals surface area contributed by atoms with Crippen molar-refractivity contribution in [3.63, 3.8) is 0 Å². The minimum Gasteiger partial charge on any atom is -0.357 e. The minimum atomic E-state index is -0.505. The number of hydrogen-bond acceptors (Lipinski definition) is 5. The van der Waals surface area contributed by atoms with Crippen molar-refractivity contribution in [2.45, 2.75) is 6.92 Å². The van der Waals surface area contributed by atoms with Gasteiger partial charge in [-0.1, -0.05) is 0 Å². The van der Waals surface area contributed by atoms with Crippen LogP contribution in [0.2, 0.25) is 0 Å². The molecule has 0 aliphatic heterocycles. The fourth-order valence-corrected chi connectivity index (χ4v) is 0.760. The molecule has 0 unspecified atom stereocenters. The lowest BCUT2D eigenvalue weighted by molar-refractivity contribution is -0.386. The standard InChI is InChI=1S/C6H8N4O2/c1-4-5(10(11)12)3-8-6(7-2)9-4/h3H,1-2H3,(H,7,8,9).